The number of hydrogen-bond acceptors (Lipinski definition) is 1. The Balaban J connectivity index is 1.95. The fourth-order valence-electron chi connectivity index (χ4n) is 3.92. The van der Waals surface area contributed by atoms with Gasteiger partial charge in [0.2, 0.25) is 0 Å². The van der Waals surface area contributed by atoms with E-state index in [-0.39, 0.29) is 4.83 Å². The van der Waals surface area contributed by atoms with Crippen LogP contribution in [0.25, 0.3) is 0 Å². The minimum absolute atomic E-state index is 0.110. The highest BCUT2D eigenvalue weighted by atomic mass is 79.9. The van der Waals surface area contributed by atoms with Crippen LogP contribution in [0.3, 0.4) is 0 Å². The standard InChI is InChI=1S/C28H24BrN/c1-2-27(29)22-13-12-20-26(21-22)30-28(23-14-6-3-7-15-23,24-16-8-4-9-17-24)25-18-10-5-11-19-25/h2-21,27,30H,1H2. The van der Waals surface area contributed by atoms with Gasteiger partial charge in [-0.1, -0.05) is 125 Å². The molecule has 0 aliphatic heterocycles. The van der Waals surface area contributed by atoms with E-state index in [1.807, 2.05) is 6.08 Å². The van der Waals surface area contributed by atoms with E-state index in [4.69, 9.17) is 0 Å². The van der Waals surface area contributed by atoms with Gasteiger partial charge in [-0.3, -0.25) is 0 Å². The molecule has 0 saturated heterocycles. The SMILES string of the molecule is C=CC(Br)c1cccc(NC(c2ccccc2)(c2ccccc2)c2ccccc2)c1. The summed E-state index contributed by atoms with van der Waals surface area (Å²) >= 11 is 3.69. The Hall–Kier alpha value is -3.10. The molecule has 4 aromatic rings. The third kappa shape index (κ3) is 3.96. The topological polar surface area (TPSA) is 12.0 Å². The molecular weight excluding hydrogens is 430 g/mol. The number of benzene rings is 4. The van der Waals surface area contributed by atoms with Gasteiger partial charge in [-0.2, -0.15) is 0 Å². The van der Waals surface area contributed by atoms with Gasteiger partial charge >= 0.3 is 0 Å². The van der Waals surface area contributed by atoms with Crippen molar-refractivity contribution < 1.29 is 0 Å². The normalized spacial score (nSPS) is 12.2. The lowest BCUT2D eigenvalue weighted by atomic mass is 9.76. The molecule has 0 bridgehead atoms. The van der Waals surface area contributed by atoms with Crippen molar-refractivity contribution in [1.29, 1.82) is 0 Å². The Morgan fingerprint density at radius 2 is 1.13 bits per heavy atom. The summed E-state index contributed by atoms with van der Waals surface area (Å²) in [5.41, 5.74) is 5.25. The summed E-state index contributed by atoms with van der Waals surface area (Å²) in [6, 6.07) is 40.4. The minimum Gasteiger partial charge on any atom is -0.368 e. The van der Waals surface area contributed by atoms with Crippen molar-refractivity contribution in [2.24, 2.45) is 0 Å². The molecule has 1 nitrogen and oxygen atoms in total. The van der Waals surface area contributed by atoms with E-state index in [1.54, 1.807) is 0 Å². The quantitative estimate of drug-likeness (QED) is 0.171. The maximum atomic E-state index is 3.92. The highest BCUT2D eigenvalue weighted by Gasteiger charge is 2.36. The maximum absolute atomic E-state index is 3.92. The van der Waals surface area contributed by atoms with Crippen LogP contribution >= 0.6 is 15.9 Å². The number of hydrogen-bond donors (Lipinski definition) is 1. The van der Waals surface area contributed by atoms with Crippen LogP contribution < -0.4 is 5.32 Å². The second kappa shape index (κ2) is 9.15. The lowest BCUT2D eigenvalue weighted by Gasteiger charge is -2.38. The molecule has 0 aliphatic rings. The molecule has 0 aliphatic carbocycles. The number of halogens is 1. The van der Waals surface area contributed by atoms with Crippen LogP contribution in [-0.2, 0) is 5.54 Å². The van der Waals surface area contributed by atoms with Gasteiger partial charge in [-0.05, 0) is 34.4 Å². The molecule has 0 saturated carbocycles. The Morgan fingerprint density at radius 3 is 1.57 bits per heavy atom. The van der Waals surface area contributed by atoms with Gasteiger partial charge in [-0.15, -0.1) is 6.58 Å². The zero-order valence-corrected chi connectivity index (χ0v) is 18.3. The average Bonchev–Trinajstić information content (AvgIpc) is 2.84. The van der Waals surface area contributed by atoms with Crippen LogP contribution in [0.4, 0.5) is 5.69 Å². The Morgan fingerprint density at radius 1 is 0.667 bits per heavy atom. The number of alkyl halides is 1. The molecular formula is C28H24BrN. The zero-order valence-electron chi connectivity index (χ0n) is 16.7. The van der Waals surface area contributed by atoms with Gasteiger partial charge in [0, 0.05) is 5.69 Å². The predicted molar refractivity (Wildman–Crippen MR) is 131 cm³/mol. The Kier molecular flexibility index (Phi) is 6.15. The van der Waals surface area contributed by atoms with Crippen LogP contribution in [0.1, 0.15) is 27.1 Å². The molecule has 0 heterocycles. The van der Waals surface area contributed by atoms with Gasteiger partial charge < -0.3 is 5.32 Å². The second-order valence-electron chi connectivity index (χ2n) is 7.24. The van der Waals surface area contributed by atoms with Crippen LogP contribution in [0.15, 0.2) is 128 Å². The van der Waals surface area contributed by atoms with Crippen molar-refractivity contribution in [2.75, 3.05) is 5.32 Å². The molecule has 0 amide bonds. The van der Waals surface area contributed by atoms with Crippen LogP contribution in [0, 0.1) is 0 Å². The summed E-state index contributed by atoms with van der Waals surface area (Å²) in [4.78, 5) is 0.110. The van der Waals surface area contributed by atoms with E-state index in [9.17, 15) is 0 Å². The van der Waals surface area contributed by atoms with E-state index >= 15 is 0 Å². The minimum atomic E-state index is -0.529. The smallest absolute Gasteiger partial charge is 0.114 e. The second-order valence-corrected chi connectivity index (χ2v) is 8.22. The predicted octanol–water partition coefficient (Wildman–Crippen LogP) is 7.71. The number of nitrogens with one attached hydrogen (secondary N) is 1. The Labute approximate surface area is 187 Å². The lowest BCUT2D eigenvalue weighted by Crippen LogP contribution is -2.38. The molecule has 0 fully saturated rings. The molecule has 0 spiro atoms. The van der Waals surface area contributed by atoms with Crippen molar-refractivity contribution >= 4 is 21.6 Å². The van der Waals surface area contributed by atoms with Crippen LogP contribution in [-0.4, -0.2) is 0 Å². The molecule has 2 heteroatoms. The van der Waals surface area contributed by atoms with Crippen molar-refractivity contribution in [2.45, 2.75) is 10.4 Å². The van der Waals surface area contributed by atoms with Gasteiger partial charge in [-0.25, -0.2) is 0 Å². The lowest BCUT2D eigenvalue weighted by molar-refractivity contribution is 0.711. The number of rotatable bonds is 7. The monoisotopic (exact) mass is 453 g/mol. The van der Waals surface area contributed by atoms with Crippen LogP contribution in [0.5, 0.6) is 0 Å². The summed E-state index contributed by atoms with van der Waals surface area (Å²) in [5.74, 6) is 0. The van der Waals surface area contributed by atoms with E-state index in [1.165, 1.54) is 16.7 Å². The highest BCUT2D eigenvalue weighted by Crippen LogP contribution is 2.40. The van der Waals surface area contributed by atoms with Gasteiger partial charge in [0.25, 0.3) is 0 Å². The fraction of sp³-hybridized carbons (Fsp3) is 0.0714. The van der Waals surface area contributed by atoms with Gasteiger partial charge in [0.1, 0.15) is 5.54 Å². The largest absolute Gasteiger partial charge is 0.368 e. The molecule has 4 rings (SSSR count). The van der Waals surface area contributed by atoms with E-state index in [2.05, 4.69) is 143 Å². The first kappa shape index (κ1) is 20.2. The first-order valence-electron chi connectivity index (χ1n) is 10.1. The zero-order chi connectivity index (χ0) is 20.8. The van der Waals surface area contributed by atoms with E-state index in [0.717, 1.165) is 11.3 Å². The fourth-order valence-corrected chi connectivity index (χ4v) is 4.21. The summed E-state index contributed by atoms with van der Waals surface area (Å²) in [6.45, 7) is 3.92. The van der Waals surface area contributed by atoms with Gasteiger partial charge in [0.05, 0.1) is 4.83 Å². The van der Waals surface area contributed by atoms with E-state index in [0.29, 0.717) is 0 Å². The maximum Gasteiger partial charge on any atom is 0.114 e. The average molecular weight is 454 g/mol. The molecule has 1 unspecified atom stereocenters. The molecule has 4 aromatic carbocycles. The first-order chi connectivity index (χ1) is 14.7. The summed E-state index contributed by atoms with van der Waals surface area (Å²) in [6.07, 6.45) is 1.90. The summed E-state index contributed by atoms with van der Waals surface area (Å²) < 4.78 is 0. The van der Waals surface area contributed by atoms with Gasteiger partial charge in [0.15, 0.2) is 0 Å². The number of allylic oxidation sites excluding steroid dienone is 1. The van der Waals surface area contributed by atoms with E-state index < -0.39 is 5.54 Å². The summed E-state index contributed by atoms with van der Waals surface area (Å²) in [5, 5.41) is 3.91. The molecule has 30 heavy (non-hydrogen) atoms. The molecule has 148 valence electrons. The van der Waals surface area contributed by atoms with Crippen LogP contribution in [0.2, 0.25) is 0 Å². The third-order valence-corrected chi connectivity index (χ3v) is 6.27. The molecule has 0 aromatic heterocycles. The Bertz CT molecular complexity index is 994. The van der Waals surface area contributed by atoms with Crippen molar-refractivity contribution in [3.8, 4) is 0 Å². The molecule has 1 N–H and O–H groups in total. The first-order valence-corrected chi connectivity index (χ1v) is 11.0. The third-order valence-electron chi connectivity index (χ3n) is 5.36. The highest BCUT2D eigenvalue weighted by molar-refractivity contribution is 9.09. The van der Waals surface area contributed by atoms with Crippen molar-refractivity contribution in [3.05, 3.63) is 150 Å². The molecule has 0 radical (unpaired) electrons. The van der Waals surface area contributed by atoms with Crippen molar-refractivity contribution in [3.63, 3.8) is 0 Å². The molecule has 1 atom stereocenters. The van der Waals surface area contributed by atoms with Crippen molar-refractivity contribution in [1.82, 2.24) is 0 Å². The summed E-state index contributed by atoms with van der Waals surface area (Å²) in [7, 11) is 0. The number of anilines is 1.